The molecule has 0 saturated carbocycles. The van der Waals surface area contributed by atoms with E-state index in [9.17, 15) is 0 Å². The van der Waals surface area contributed by atoms with Gasteiger partial charge in [-0.25, -0.2) is 0 Å². The van der Waals surface area contributed by atoms with E-state index < -0.39 is 18.3 Å². The smallest absolute Gasteiger partial charge is 0.0768 e. The summed E-state index contributed by atoms with van der Waals surface area (Å²) in [5.74, 6) is 0.0463. The van der Waals surface area contributed by atoms with Crippen LogP contribution < -0.4 is 0 Å². The fraction of sp³-hybridized carbons (Fsp3) is 1.00. The molecule has 0 aliphatic carbocycles. The van der Waals surface area contributed by atoms with Gasteiger partial charge in [0.2, 0.25) is 0 Å². The molecule has 10 N–H and O–H groups in total. The van der Waals surface area contributed by atoms with Gasteiger partial charge < -0.3 is 51.1 Å². The zero-order valence-electron chi connectivity index (χ0n) is 22.0. The summed E-state index contributed by atoms with van der Waals surface area (Å²) in [6.07, 6.45) is 3.29. The minimum Gasteiger partial charge on any atom is -0.396 e. The van der Waals surface area contributed by atoms with Gasteiger partial charge in [0.15, 0.2) is 0 Å². The largest absolute Gasteiger partial charge is 0.396 e. The first-order valence-electron chi connectivity index (χ1n) is 11.9. The third-order valence-corrected chi connectivity index (χ3v) is 3.40. The van der Waals surface area contributed by atoms with E-state index in [-0.39, 0.29) is 46.4 Å². The molecule has 0 spiro atoms. The maximum atomic E-state index is 8.42. The van der Waals surface area contributed by atoms with Gasteiger partial charge in [-0.3, -0.25) is 0 Å². The molecule has 0 amide bonds. The highest BCUT2D eigenvalue weighted by molar-refractivity contribution is 4.45. The Hall–Kier alpha value is -0.400. The molecule has 0 aromatic heterocycles. The highest BCUT2D eigenvalue weighted by Gasteiger charge is 1.93. The van der Waals surface area contributed by atoms with Crippen molar-refractivity contribution < 1.29 is 51.1 Å². The minimum absolute atomic E-state index is 0. The molecule has 34 heavy (non-hydrogen) atoms. The molecule has 3 atom stereocenters. The van der Waals surface area contributed by atoms with Crippen LogP contribution in [0.25, 0.3) is 0 Å². The van der Waals surface area contributed by atoms with Crippen LogP contribution >= 0.6 is 0 Å². The molecule has 0 heterocycles. The van der Waals surface area contributed by atoms with Crippen LogP contribution in [0.5, 0.6) is 0 Å². The van der Waals surface area contributed by atoms with Crippen LogP contribution in [-0.2, 0) is 0 Å². The second kappa shape index (κ2) is 53.8. The SMILES string of the molecule is C.CC(CO)CO.CCC(O)CO.CCCCO.CCCO.CC[C@@H](O)CO.CC[C@H](O)CO. The van der Waals surface area contributed by atoms with E-state index in [0.29, 0.717) is 32.5 Å². The molecule has 0 saturated heterocycles. The second-order valence-corrected chi connectivity index (χ2v) is 7.01. The Kier molecular flexibility index (Phi) is 79.8. The lowest BCUT2D eigenvalue weighted by Crippen LogP contribution is -2.08. The summed E-state index contributed by atoms with van der Waals surface area (Å²) in [6, 6.07) is 0. The molecular weight excluding hydrogens is 448 g/mol. The van der Waals surface area contributed by atoms with Gasteiger partial charge in [-0.05, 0) is 32.1 Å². The number of hydrogen-bond acceptors (Lipinski definition) is 10. The molecule has 10 heteroatoms. The lowest BCUT2D eigenvalue weighted by molar-refractivity contribution is 0.0923. The van der Waals surface area contributed by atoms with Gasteiger partial charge in [0, 0.05) is 32.3 Å². The molecule has 1 unspecified atom stereocenters. The highest BCUT2D eigenvalue weighted by atomic mass is 16.3. The van der Waals surface area contributed by atoms with E-state index in [2.05, 4.69) is 6.92 Å². The van der Waals surface area contributed by atoms with Gasteiger partial charge in [-0.2, -0.15) is 0 Å². The summed E-state index contributed by atoms with van der Waals surface area (Å²) in [7, 11) is 0. The summed E-state index contributed by atoms with van der Waals surface area (Å²) < 4.78 is 0. The number of aliphatic hydroxyl groups is 10. The summed E-state index contributed by atoms with van der Waals surface area (Å²) >= 11 is 0. The van der Waals surface area contributed by atoms with Crippen LogP contribution in [-0.4, -0.2) is 116 Å². The summed E-state index contributed by atoms with van der Waals surface area (Å²) in [5.41, 5.74) is 0. The average Bonchev–Trinajstić information content (AvgIpc) is 2.88. The van der Waals surface area contributed by atoms with Crippen molar-refractivity contribution >= 4 is 0 Å². The first-order valence-corrected chi connectivity index (χ1v) is 11.9. The quantitative estimate of drug-likeness (QED) is 0.188. The minimum atomic E-state index is -0.509. The van der Waals surface area contributed by atoms with Crippen molar-refractivity contribution in [2.75, 3.05) is 46.2 Å². The first-order chi connectivity index (χ1) is 15.6. The van der Waals surface area contributed by atoms with Gasteiger partial charge in [-0.1, -0.05) is 55.4 Å². The molecular formula is C24H62O10. The molecule has 0 aliphatic heterocycles. The number of unbranched alkanes of at least 4 members (excludes halogenated alkanes) is 1. The Bertz CT molecular complexity index is 202. The van der Waals surface area contributed by atoms with Gasteiger partial charge in [-0.15, -0.1) is 0 Å². The number of aliphatic hydroxyl groups excluding tert-OH is 10. The van der Waals surface area contributed by atoms with Crippen LogP contribution in [0.15, 0.2) is 0 Å². The average molecular weight is 511 g/mol. The van der Waals surface area contributed by atoms with E-state index in [4.69, 9.17) is 51.1 Å². The van der Waals surface area contributed by atoms with Crippen LogP contribution in [0.2, 0.25) is 0 Å². The third kappa shape index (κ3) is 85.5. The van der Waals surface area contributed by atoms with Crippen LogP contribution in [0.3, 0.4) is 0 Å². The molecule has 218 valence electrons. The normalized spacial score (nSPS) is 11.6. The van der Waals surface area contributed by atoms with Crippen molar-refractivity contribution in [3.8, 4) is 0 Å². The molecule has 0 aromatic carbocycles. The van der Waals surface area contributed by atoms with E-state index in [0.717, 1.165) is 19.3 Å². The lowest BCUT2D eigenvalue weighted by atomic mass is 10.2. The first kappa shape index (κ1) is 50.5. The fourth-order valence-electron chi connectivity index (χ4n) is 0.603. The Morgan fingerprint density at radius 3 is 0.735 bits per heavy atom. The zero-order valence-corrected chi connectivity index (χ0v) is 22.0. The molecule has 0 aromatic rings. The maximum Gasteiger partial charge on any atom is 0.0768 e. The third-order valence-electron chi connectivity index (χ3n) is 3.40. The van der Waals surface area contributed by atoms with Crippen LogP contribution in [0.4, 0.5) is 0 Å². The van der Waals surface area contributed by atoms with Gasteiger partial charge in [0.05, 0.1) is 38.1 Å². The summed E-state index contributed by atoms with van der Waals surface area (Å²) in [4.78, 5) is 0. The topological polar surface area (TPSA) is 202 Å². The zero-order chi connectivity index (χ0) is 27.5. The molecule has 0 radical (unpaired) electrons. The Morgan fingerprint density at radius 2 is 0.735 bits per heavy atom. The lowest BCUT2D eigenvalue weighted by Gasteiger charge is -1.97. The Labute approximate surface area is 209 Å². The number of rotatable bonds is 11. The molecule has 10 nitrogen and oxygen atoms in total. The van der Waals surface area contributed by atoms with Crippen molar-refractivity contribution in [2.45, 2.75) is 106 Å². The molecule has 0 bridgehead atoms. The van der Waals surface area contributed by atoms with Gasteiger partial charge in [0.1, 0.15) is 0 Å². The fourth-order valence-corrected chi connectivity index (χ4v) is 0.603. The predicted molar refractivity (Wildman–Crippen MR) is 140 cm³/mol. The second-order valence-electron chi connectivity index (χ2n) is 7.01. The van der Waals surface area contributed by atoms with Crippen molar-refractivity contribution in [2.24, 2.45) is 5.92 Å². The van der Waals surface area contributed by atoms with E-state index in [1.54, 1.807) is 6.92 Å². The number of hydrogen-bond donors (Lipinski definition) is 10. The van der Waals surface area contributed by atoms with Crippen molar-refractivity contribution in [1.29, 1.82) is 0 Å². The molecule has 0 aliphatic rings. The van der Waals surface area contributed by atoms with E-state index in [1.807, 2.05) is 27.7 Å². The van der Waals surface area contributed by atoms with Crippen molar-refractivity contribution in [3.05, 3.63) is 0 Å². The Balaban J connectivity index is -0.0000000514. The summed E-state index contributed by atoms with van der Waals surface area (Å²) in [6.45, 7) is 11.7. The van der Waals surface area contributed by atoms with Crippen LogP contribution in [0, 0.1) is 5.92 Å². The van der Waals surface area contributed by atoms with E-state index >= 15 is 0 Å². The monoisotopic (exact) mass is 510 g/mol. The maximum absolute atomic E-state index is 8.42. The Morgan fingerprint density at radius 1 is 0.471 bits per heavy atom. The predicted octanol–water partition coefficient (Wildman–Crippen LogP) is 0.660. The highest BCUT2D eigenvalue weighted by Crippen LogP contribution is 1.86. The summed E-state index contributed by atoms with van der Waals surface area (Å²) in [5, 5.41) is 81.8. The standard InChI is InChI=1S/4C4H10O2.C4H10O.C3H8O.CH4/c1-4(2-5)3-6;3*1-2-4(6)3-5;1-2-3-4-5;1-2-3-4;/h4*4-6H,2-3H2,1H3;5H,2-4H2,1H3;4H,2-3H2,1H3;1H4/t;2*4-;;;;/m.10..../s1. The van der Waals surface area contributed by atoms with Gasteiger partial charge >= 0.3 is 0 Å². The molecule has 0 rings (SSSR count). The van der Waals surface area contributed by atoms with Gasteiger partial charge in [0.25, 0.3) is 0 Å². The van der Waals surface area contributed by atoms with Crippen molar-refractivity contribution in [3.63, 3.8) is 0 Å². The van der Waals surface area contributed by atoms with Crippen LogP contribution in [0.1, 0.15) is 87.5 Å². The van der Waals surface area contributed by atoms with Crippen molar-refractivity contribution in [1.82, 2.24) is 0 Å². The molecule has 0 fully saturated rings. The van der Waals surface area contributed by atoms with E-state index in [1.165, 1.54) is 0 Å².